The Kier molecular flexibility index (Phi) is 3.10. The SMILES string of the molecule is CCOC(=O)C1C2CN(c3nccc(CO)n3)CC21. The van der Waals surface area contributed by atoms with Crippen molar-refractivity contribution >= 4 is 11.9 Å². The van der Waals surface area contributed by atoms with Crippen LogP contribution in [0.2, 0.25) is 0 Å². The Morgan fingerprint density at radius 2 is 2.26 bits per heavy atom. The third-order valence-corrected chi connectivity index (χ3v) is 3.90. The van der Waals surface area contributed by atoms with Crippen LogP contribution in [0.5, 0.6) is 0 Å². The minimum Gasteiger partial charge on any atom is -0.466 e. The molecule has 2 atom stereocenters. The molecule has 6 heteroatoms. The van der Waals surface area contributed by atoms with Gasteiger partial charge in [-0.05, 0) is 24.8 Å². The van der Waals surface area contributed by atoms with Crippen molar-refractivity contribution in [3.05, 3.63) is 18.0 Å². The highest BCUT2D eigenvalue weighted by Gasteiger charge is 2.60. The summed E-state index contributed by atoms with van der Waals surface area (Å²) in [6.07, 6.45) is 1.65. The minimum absolute atomic E-state index is 0.0669. The molecule has 1 N–H and O–H groups in total. The molecule has 102 valence electrons. The Morgan fingerprint density at radius 3 is 2.89 bits per heavy atom. The van der Waals surface area contributed by atoms with Crippen LogP contribution in [0, 0.1) is 17.8 Å². The van der Waals surface area contributed by atoms with Gasteiger partial charge in [-0.3, -0.25) is 4.79 Å². The minimum atomic E-state index is -0.0817. The van der Waals surface area contributed by atoms with Gasteiger partial charge in [0.15, 0.2) is 0 Å². The summed E-state index contributed by atoms with van der Waals surface area (Å²) < 4.78 is 5.06. The lowest BCUT2D eigenvalue weighted by Crippen LogP contribution is -2.28. The maximum absolute atomic E-state index is 11.7. The van der Waals surface area contributed by atoms with E-state index < -0.39 is 0 Å². The van der Waals surface area contributed by atoms with Gasteiger partial charge in [0.25, 0.3) is 0 Å². The van der Waals surface area contributed by atoms with Gasteiger partial charge in [0.05, 0.1) is 24.8 Å². The van der Waals surface area contributed by atoms with Crippen molar-refractivity contribution in [3.63, 3.8) is 0 Å². The number of nitrogens with zero attached hydrogens (tertiary/aromatic N) is 3. The maximum Gasteiger partial charge on any atom is 0.309 e. The molecule has 1 aliphatic carbocycles. The molecule has 19 heavy (non-hydrogen) atoms. The average molecular weight is 263 g/mol. The van der Waals surface area contributed by atoms with Crippen molar-refractivity contribution in [3.8, 4) is 0 Å². The second-order valence-corrected chi connectivity index (χ2v) is 5.02. The monoisotopic (exact) mass is 263 g/mol. The topological polar surface area (TPSA) is 75.5 Å². The number of hydrogen-bond donors (Lipinski definition) is 1. The van der Waals surface area contributed by atoms with Gasteiger partial charge in [-0.1, -0.05) is 0 Å². The van der Waals surface area contributed by atoms with Crippen LogP contribution in [0.25, 0.3) is 0 Å². The molecule has 0 radical (unpaired) electrons. The van der Waals surface area contributed by atoms with Crippen molar-refractivity contribution in [1.82, 2.24) is 9.97 Å². The van der Waals surface area contributed by atoms with E-state index in [0.29, 0.717) is 30.1 Å². The predicted molar refractivity (Wildman–Crippen MR) is 67.3 cm³/mol. The van der Waals surface area contributed by atoms with Gasteiger partial charge in [0.1, 0.15) is 0 Å². The van der Waals surface area contributed by atoms with Gasteiger partial charge in [-0.15, -0.1) is 0 Å². The zero-order chi connectivity index (χ0) is 13.4. The number of ether oxygens (including phenoxy) is 1. The van der Waals surface area contributed by atoms with Crippen LogP contribution in [0.15, 0.2) is 12.3 Å². The van der Waals surface area contributed by atoms with Gasteiger partial charge in [0, 0.05) is 19.3 Å². The summed E-state index contributed by atoms with van der Waals surface area (Å²) in [5.74, 6) is 1.39. The van der Waals surface area contributed by atoms with E-state index in [1.165, 1.54) is 0 Å². The standard InChI is InChI=1S/C13H17N3O3/c1-2-19-12(18)11-9-5-16(6-10(9)11)13-14-4-3-8(7-17)15-13/h3-4,9-11,17H,2,5-7H2,1H3. The molecule has 6 nitrogen and oxygen atoms in total. The highest BCUT2D eigenvalue weighted by molar-refractivity contribution is 5.77. The van der Waals surface area contributed by atoms with Crippen LogP contribution < -0.4 is 4.90 Å². The van der Waals surface area contributed by atoms with E-state index in [1.54, 1.807) is 12.3 Å². The van der Waals surface area contributed by atoms with Crippen molar-refractivity contribution in [2.75, 3.05) is 24.6 Å². The van der Waals surface area contributed by atoms with Crippen molar-refractivity contribution in [2.24, 2.45) is 17.8 Å². The number of piperidine rings is 1. The number of aromatic nitrogens is 2. The number of fused-ring (bicyclic) bond motifs is 1. The van der Waals surface area contributed by atoms with E-state index in [1.807, 2.05) is 6.92 Å². The Morgan fingerprint density at radius 1 is 1.53 bits per heavy atom. The average Bonchev–Trinajstić information content (AvgIpc) is 2.94. The Hall–Kier alpha value is -1.69. The predicted octanol–water partition coefficient (Wildman–Crippen LogP) is 0.214. The third-order valence-electron chi connectivity index (χ3n) is 3.90. The Labute approximate surface area is 111 Å². The van der Waals surface area contributed by atoms with Gasteiger partial charge in [-0.25, -0.2) is 9.97 Å². The molecule has 1 saturated carbocycles. The first-order valence-electron chi connectivity index (χ1n) is 6.59. The van der Waals surface area contributed by atoms with E-state index >= 15 is 0 Å². The van der Waals surface area contributed by atoms with Crippen LogP contribution in [0.4, 0.5) is 5.95 Å². The number of anilines is 1. The second kappa shape index (κ2) is 4.77. The third kappa shape index (κ3) is 2.16. The van der Waals surface area contributed by atoms with E-state index in [0.717, 1.165) is 13.1 Å². The van der Waals surface area contributed by atoms with E-state index in [4.69, 9.17) is 9.84 Å². The van der Waals surface area contributed by atoms with Crippen molar-refractivity contribution in [1.29, 1.82) is 0 Å². The Balaban J connectivity index is 1.62. The number of carbonyl (C=O) groups excluding carboxylic acids is 1. The summed E-state index contributed by atoms with van der Waals surface area (Å²) in [5, 5.41) is 9.07. The molecule has 0 amide bonds. The maximum atomic E-state index is 11.7. The zero-order valence-electron chi connectivity index (χ0n) is 10.8. The van der Waals surface area contributed by atoms with Crippen molar-refractivity contribution in [2.45, 2.75) is 13.5 Å². The number of rotatable bonds is 4. The molecule has 0 bridgehead atoms. The van der Waals surface area contributed by atoms with Crippen LogP contribution >= 0.6 is 0 Å². The summed E-state index contributed by atoms with van der Waals surface area (Å²) in [6.45, 7) is 3.78. The van der Waals surface area contributed by atoms with E-state index in [9.17, 15) is 4.79 Å². The largest absolute Gasteiger partial charge is 0.466 e. The summed E-state index contributed by atoms with van der Waals surface area (Å²) in [4.78, 5) is 22.2. The molecule has 1 saturated heterocycles. The molecule has 0 spiro atoms. The summed E-state index contributed by atoms with van der Waals surface area (Å²) >= 11 is 0. The van der Waals surface area contributed by atoms with Gasteiger partial charge in [0.2, 0.25) is 5.95 Å². The molecular formula is C13H17N3O3. The van der Waals surface area contributed by atoms with Crippen LogP contribution in [-0.4, -0.2) is 40.7 Å². The molecule has 3 rings (SSSR count). The molecule has 1 aromatic rings. The zero-order valence-corrected chi connectivity index (χ0v) is 10.8. The lowest BCUT2D eigenvalue weighted by molar-refractivity contribution is -0.145. The van der Waals surface area contributed by atoms with E-state index in [2.05, 4.69) is 14.9 Å². The molecule has 2 fully saturated rings. The van der Waals surface area contributed by atoms with Gasteiger partial charge < -0.3 is 14.7 Å². The molecule has 2 heterocycles. The number of carbonyl (C=O) groups is 1. The summed E-state index contributed by atoms with van der Waals surface area (Å²) in [7, 11) is 0. The summed E-state index contributed by atoms with van der Waals surface area (Å²) in [6, 6.07) is 1.70. The fourth-order valence-corrected chi connectivity index (χ4v) is 2.90. The lowest BCUT2D eigenvalue weighted by atomic mass is 10.2. The highest BCUT2D eigenvalue weighted by atomic mass is 16.5. The molecular weight excluding hydrogens is 246 g/mol. The van der Waals surface area contributed by atoms with Crippen LogP contribution in [-0.2, 0) is 16.1 Å². The smallest absolute Gasteiger partial charge is 0.309 e. The van der Waals surface area contributed by atoms with Crippen LogP contribution in [0.1, 0.15) is 12.6 Å². The first-order valence-corrected chi connectivity index (χ1v) is 6.59. The lowest BCUT2D eigenvalue weighted by Gasteiger charge is -2.19. The number of aliphatic hydroxyl groups is 1. The summed E-state index contributed by atoms with van der Waals surface area (Å²) in [5.41, 5.74) is 0.618. The Bertz CT molecular complexity index is 482. The number of aliphatic hydroxyl groups excluding tert-OH is 1. The van der Waals surface area contributed by atoms with Crippen LogP contribution in [0.3, 0.4) is 0 Å². The molecule has 2 unspecified atom stereocenters. The molecule has 0 aromatic carbocycles. The fraction of sp³-hybridized carbons (Fsp3) is 0.615. The molecule has 1 aliphatic heterocycles. The fourth-order valence-electron chi connectivity index (χ4n) is 2.90. The quantitative estimate of drug-likeness (QED) is 0.783. The second-order valence-electron chi connectivity index (χ2n) is 5.02. The van der Waals surface area contributed by atoms with Gasteiger partial charge in [-0.2, -0.15) is 0 Å². The molecule has 2 aliphatic rings. The number of hydrogen-bond acceptors (Lipinski definition) is 6. The highest BCUT2D eigenvalue weighted by Crippen LogP contribution is 2.52. The van der Waals surface area contributed by atoms with E-state index in [-0.39, 0.29) is 18.5 Å². The first kappa shape index (κ1) is 12.3. The van der Waals surface area contributed by atoms with Gasteiger partial charge >= 0.3 is 5.97 Å². The normalized spacial score (nSPS) is 28.1. The molecule has 1 aromatic heterocycles. The van der Waals surface area contributed by atoms with Crippen molar-refractivity contribution < 1.29 is 14.6 Å². The number of esters is 1. The first-order chi connectivity index (χ1) is 9.24.